The van der Waals surface area contributed by atoms with Crippen molar-refractivity contribution in [1.82, 2.24) is 15.0 Å². The first-order valence-electron chi connectivity index (χ1n) is 7.85. The molecule has 0 radical (unpaired) electrons. The van der Waals surface area contributed by atoms with Crippen molar-refractivity contribution in [1.29, 1.82) is 0 Å². The van der Waals surface area contributed by atoms with E-state index in [0.29, 0.717) is 12.2 Å². The molecular weight excluding hydrogens is 298 g/mol. The fourth-order valence-electron chi connectivity index (χ4n) is 2.99. The third kappa shape index (κ3) is 3.55. The van der Waals surface area contributed by atoms with Gasteiger partial charge in [-0.2, -0.15) is 4.98 Å². The zero-order valence-corrected chi connectivity index (χ0v) is 13.6. The van der Waals surface area contributed by atoms with Gasteiger partial charge in [0.2, 0.25) is 12.3 Å². The van der Waals surface area contributed by atoms with Crippen molar-refractivity contribution in [2.24, 2.45) is 0 Å². The molecule has 0 bridgehead atoms. The van der Waals surface area contributed by atoms with Crippen molar-refractivity contribution in [3.05, 3.63) is 34.1 Å². The predicted octanol–water partition coefficient (Wildman–Crippen LogP) is 3.52. The summed E-state index contributed by atoms with van der Waals surface area (Å²) < 4.78 is 4.87. The van der Waals surface area contributed by atoms with Crippen molar-refractivity contribution >= 4 is 17.2 Å². The summed E-state index contributed by atoms with van der Waals surface area (Å²) in [6.45, 7) is 2.89. The van der Waals surface area contributed by atoms with E-state index in [-0.39, 0.29) is 11.9 Å². The summed E-state index contributed by atoms with van der Waals surface area (Å²) >= 11 is 1.77. The predicted molar refractivity (Wildman–Crippen MR) is 84.6 cm³/mol. The van der Waals surface area contributed by atoms with Gasteiger partial charge in [0.25, 0.3) is 0 Å². The minimum atomic E-state index is -0.0289. The van der Waals surface area contributed by atoms with Crippen LogP contribution in [-0.4, -0.2) is 27.5 Å². The fourth-order valence-corrected chi connectivity index (χ4v) is 3.88. The van der Waals surface area contributed by atoms with Crippen LogP contribution in [0.4, 0.5) is 0 Å². The molecular formula is C16H21N3O2S. The molecule has 1 atom stereocenters. The monoisotopic (exact) mass is 319 g/mol. The summed E-state index contributed by atoms with van der Waals surface area (Å²) in [6.07, 6.45) is 6.94. The highest BCUT2D eigenvalue weighted by atomic mass is 32.1. The Morgan fingerprint density at radius 1 is 1.41 bits per heavy atom. The van der Waals surface area contributed by atoms with Gasteiger partial charge >= 0.3 is 0 Å². The van der Waals surface area contributed by atoms with E-state index in [9.17, 15) is 4.79 Å². The van der Waals surface area contributed by atoms with E-state index in [1.165, 1.54) is 16.1 Å². The summed E-state index contributed by atoms with van der Waals surface area (Å²) in [5.41, 5.74) is 0. The fraction of sp³-hybridized carbons (Fsp3) is 0.562. The molecule has 0 spiro atoms. The minimum absolute atomic E-state index is 0.0289. The second-order valence-corrected chi connectivity index (χ2v) is 7.13. The Hall–Kier alpha value is -1.69. The third-order valence-electron chi connectivity index (χ3n) is 4.13. The number of amides is 1. The van der Waals surface area contributed by atoms with E-state index in [1.807, 2.05) is 4.90 Å². The van der Waals surface area contributed by atoms with E-state index in [4.69, 9.17) is 4.52 Å². The van der Waals surface area contributed by atoms with Gasteiger partial charge in [0.05, 0.1) is 6.04 Å². The largest absolute Gasteiger partial charge is 0.343 e. The van der Waals surface area contributed by atoms with Crippen LogP contribution in [0.25, 0.3) is 0 Å². The lowest BCUT2D eigenvalue weighted by Crippen LogP contribution is -2.35. The Morgan fingerprint density at radius 3 is 3.05 bits per heavy atom. The van der Waals surface area contributed by atoms with E-state index in [0.717, 1.165) is 38.6 Å². The van der Waals surface area contributed by atoms with Crippen LogP contribution < -0.4 is 0 Å². The van der Waals surface area contributed by atoms with Gasteiger partial charge < -0.3 is 9.42 Å². The Morgan fingerprint density at radius 2 is 2.32 bits per heavy atom. The maximum absolute atomic E-state index is 12.7. The van der Waals surface area contributed by atoms with Crippen LogP contribution in [0.5, 0.6) is 0 Å². The zero-order chi connectivity index (χ0) is 15.4. The molecule has 1 saturated heterocycles. The first-order valence-corrected chi connectivity index (χ1v) is 8.67. The van der Waals surface area contributed by atoms with Gasteiger partial charge in [-0.15, -0.1) is 11.3 Å². The van der Waals surface area contributed by atoms with Gasteiger partial charge in [-0.25, -0.2) is 0 Å². The molecule has 2 aromatic rings. The van der Waals surface area contributed by atoms with Gasteiger partial charge in [0.1, 0.15) is 0 Å². The van der Waals surface area contributed by atoms with Gasteiger partial charge in [0, 0.05) is 22.7 Å². The molecule has 0 aliphatic carbocycles. The SMILES string of the molecule is Cc1ccc(CCC(=O)N2CCCCCC2c2ncon2)s1. The van der Waals surface area contributed by atoms with Gasteiger partial charge in [-0.3, -0.25) is 4.79 Å². The van der Waals surface area contributed by atoms with E-state index in [2.05, 4.69) is 29.2 Å². The molecule has 0 saturated carbocycles. The highest BCUT2D eigenvalue weighted by Gasteiger charge is 2.29. The van der Waals surface area contributed by atoms with Crippen LogP contribution in [0.1, 0.15) is 53.7 Å². The lowest BCUT2D eigenvalue weighted by molar-refractivity contribution is -0.133. The van der Waals surface area contributed by atoms with Gasteiger partial charge in [0.15, 0.2) is 5.82 Å². The number of aryl methyl sites for hydroxylation is 2. The van der Waals surface area contributed by atoms with Gasteiger partial charge in [-0.05, 0) is 38.3 Å². The summed E-state index contributed by atoms with van der Waals surface area (Å²) in [6, 6.07) is 4.20. The average Bonchev–Trinajstić information content (AvgIpc) is 3.12. The Kier molecular flexibility index (Phi) is 4.87. The molecule has 0 N–H and O–H groups in total. The number of hydrogen-bond donors (Lipinski definition) is 0. The second-order valence-electron chi connectivity index (χ2n) is 5.75. The Balaban J connectivity index is 1.67. The topological polar surface area (TPSA) is 59.2 Å². The summed E-state index contributed by atoms with van der Waals surface area (Å²) in [5.74, 6) is 0.838. The first kappa shape index (κ1) is 15.2. The molecule has 5 nitrogen and oxygen atoms in total. The number of rotatable bonds is 4. The van der Waals surface area contributed by atoms with Crippen LogP contribution in [0.15, 0.2) is 23.0 Å². The lowest BCUT2D eigenvalue weighted by Gasteiger charge is -2.27. The van der Waals surface area contributed by atoms with Crippen LogP contribution in [0, 0.1) is 6.92 Å². The molecule has 1 aliphatic rings. The molecule has 0 aromatic carbocycles. The molecule has 22 heavy (non-hydrogen) atoms. The molecule has 6 heteroatoms. The van der Waals surface area contributed by atoms with Crippen molar-refractivity contribution in [3.8, 4) is 0 Å². The summed E-state index contributed by atoms with van der Waals surface area (Å²) in [7, 11) is 0. The van der Waals surface area contributed by atoms with Crippen molar-refractivity contribution in [2.75, 3.05) is 6.54 Å². The maximum atomic E-state index is 12.7. The molecule has 3 heterocycles. The second kappa shape index (κ2) is 7.05. The summed E-state index contributed by atoms with van der Waals surface area (Å²) in [4.78, 5) is 21.4. The number of hydrogen-bond acceptors (Lipinski definition) is 5. The summed E-state index contributed by atoms with van der Waals surface area (Å²) in [5, 5.41) is 3.96. The number of nitrogens with zero attached hydrogens (tertiary/aromatic N) is 3. The van der Waals surface area contributed by atoms with Crippen LogP contribution in [0.3, 0.4) is 0 Å². The maximum Gasteiger partial charge on any atom is 0.223 e. The number of likely N-dealkylation sites (tertiary alicyclic amines) is 1. The smallest absolute Gasteiger partial charge is 0.223 e. The average molecular weight is 319 g/mol. The number of aromatic nitrogens is 2. The molecule has 1 aliphatic heterocycles. The van der Waals surface area contributed by atoms with Crippen LogP contribution in [0.2, 0.25) is 0 Å². The number of thiophene rings is 1. The number of carbonyl (C=O) groups is 1. The molecule has 118 valence electrons. The number of carbonyl (C=O) groups excluding carboxylic acids is 1. The molecule has 1 amide bonds. The Labute approximate surface area is 134 Å². The molecule has 1 fully saturated rings. The van der Waals surface area contributed by atoms with Gasteiger partial charge in [-0.1, -0.05) is 18.0 Å². The molecule has 2 aromatic heterocycles. The highest BCUT2D eigenvalue weighted by Crippen LogP contribution is 2.29. The van der Waals surface area contributed by atoms with Crippen molar-refractivity contribution in [3.63, 3.8) is 0 Å². The standard InChI is InChI=1S/C16H21N3O2S/c1-12-6-7-13(22-12)8-9-15(20)19-10-4-2-3-5-14(19)16-17-11-21-18-16/h6-7,11,14H,2-5,8-10H2,1H3. The quantitative estimate of drug-likeness (QED) is 0.865. The lowest BCUT2D eigenvalue weighted by atomic mass is 10.1. The van der Waals surface area contributed by atoms with Crippen molar-refractivity contribution < 1.29 is 9.32 Å². The normalized spacial score (nSPS) is 19.1. The minimum Gasteiger partial charge on any atom is -0.343 e. The third-order valence-corrected chi connectivity index (χ3v) is 5.19. The van der Waals surface area contributed by atoms with Crippen LogP contribution >= 0.6 is 11.3 Å². The molecule has 1 unspecified atom stereocenters. The van der Waals surface area contributed by atoms with E-state index >= 15 is 0 Å². The van der Waals surface area contributed by atoms with Crippen LogP contribution in [-0.2, 0) is 11.2 Å². The first-order chi connectivity index (χ1) is 10.7. The molecule has 3 rings (SSSR count). The van der Waals surface area contributed by atoms with E-state index in [1.54, 1.807) is 11.3 Å². The Bertz CT molecular complexity index is 609. The zero-order valence-electron chi connectivity index (χ0n) is 12.8. The highest BCUT2D eigenvalue weighted by molar-refractivity contribution is 7.11. The van der Waals surface area contributed by atoms with Crippen molar-refractivity contribution in [2.45, 2.75) is 51.5 Å². The van der Waals surface area contributed by atoms with E-state index < -0.39 is 0 Å².